The first-order valence-corrected chi connectivity index (χ1v) is 11.7. The summed E-state index contributed by atoms with van der Waals surface area (Å²) in [5.74, 6) is 0. The molecule has 0 fully saturated rings. The molecule has 0 bridgehead atoms. The van der Waals surface area contributed by atoms with Gasteiger partial charge in [-0.25, -0.2) is 0 Å². The molecular formula is C22H47NO7. The second-order valence-electron chi connectivity index (χ2n) is 6.84. The molecular weight excluding hydrogens is 390 g/mol. The van der Waals surface area contributed by atoms with Gasteiger partial charge in [-0.05, 0) is 6.42 Å². The van der Waals surface area contributed by atoms with Gasteiger partial charge in [-0.1, -0.05) is 39.0 Å². The number of rotatable bonds is 27. The molecule has 182 valence electrons. The summed E-state index contributed by atoms with van der Waals surface area (Å²) in [6, 6.07) is 0. The molecule has 0 rings (SSSR count). The fourth-order valence-electron chi connectivity index (χ4n) is 2.49. The summed E-state index contributed by atoms with van der Waals surface area (Å²) in [7, 11) is 0. The lowest BCUT2D eigenvalue weighted by Gasteiger charge is -2.08. The Morgan fingerprint density at radius 1 is 0.367 bits per heavy atom. The largest absolute Gasteiger partial charge is 0.379 e. The molecule has 0 atom stereocenters. The zero-order valence-corrected chi connectivity index (χ0v) is 19.3. The molecule has 0 heterocycles. The van der Waals surface area contributed by atoms with Crippen molar-refractivity contribution in [2.24, 2.45) is 5.73 Å². The molecule has 0 unspecified atom stereocenters. The van der Waals surface area contributed by atoms with Crippen molar-refractivity contribution in [2.45, 2.75) is 45.4 Å². The zero-order chi connectivity index (χ0) is 21.8. The third kappa shape index (κ3) is 27.7. The summed E-state index contributed by atoms with van der Waals surface area (Å²) in [6.45, 7) is 11.1. The Hall–Kier alpha value is -0.320. The lowest BCUT2D eigenvalue weighted by Crippen LogP contribution is -2.15. The van der Waals surface area contributed by atoms with Crippen LogP contribution in [0.4, 0.5) is 0 Å². The second kappa shape index (κ2) is 28.7. The van der Waals surface area contributed by atoms with Crippen LogP contribution < -0.4 is 5.73 Å². The number of hydrogen-bond donors (Lipinski definition) is 1. The summed E-state index contributed by atoms with van der Waals surface area (Å²) in [6.07, 6.45) is 7.73. The van der Waals surface area contributed by atoms with E-state index in [1.54, 1.807) is 0 Å². The molecule has 0 aromatic heterocycles. The average Bonchev–Trinajstić information content (AvgIpc) is 2.76. The van der Waals surface area contributed by atoms with Crippen molar-refractivity contribution in [3.8, 4) is 0 Å². The van der Waals surface area contributed by atoms with Gasteiger partial charge < -0.3 is 38.9 Å². The van der Waals surface area contributed by atoms with Crippen LogP contribution >= 0.6 is 0 Å². The summed E-state index contributed by atoms with van der Waals surface area (Å²) in [4.78, 5) is 0. The summed E-state index contributed by atoms with van der Waals surface area (Å²) < 4.78 is 37.9. The topological polar surface area (TPSA) is 90.6 Å². The Morgan fingerprint density at radius 3 is 1.03 bits per heavy atom. The first-order chi connectivity index (χ1) is 14.9. The first-order valence-electron chi connectivity index (χ1n) is 11.7. The van der Waals surface area contributed by atoms with Crippen LogP contribution in [0.15, 0.2) is 0 Å². The zero-order valence-electron chi connectivity index (χ0n) is 19.3. The molecule has 8 nitrogen and oxygen atoms in total. The lowest BCUT2D eigenvalue weighted by atomic mass is 10.1. The summed E-state index contributed by atoms with van der Waals surface area (Å²) in [5, 5.41) is 0. The van der Waals surface area contributed by atoms with Crippen LogP contribution in [-0.2, 0) is 33.2 Å². The van der Waals surface area contributed by atoms with Crippen molar-refractivity contribution < 1.29 is 33.2 Å². The highest BCUT2D eigenvalue weighted by atomic mass is 16.6. The fraction of sp³-hybridized carbons (Fsp3) is 1.00. The van der Waals surface area contributed by atoms with Gasteiger partial charge in [-0.2, -0.15) is 0 Å². The Kier molecular flexibility index (Phi) is 28.4. The smallest absolute Gasteiger partial charge is 0.0701 e. The van der Waals surface area contributed by atoms with Gasteiger partial charge in [0.2, 0.25) is 0 Å². The second-order valence-corrected chi connectivity index (χ2v) is 6.84. The van der Waals surface area contributed by atoms with E-state index in [0.29, 0.717) is 92.4 Å². The monoisotopic (exact) mass is 437 g/mol. The maximum atomic E-state index is 5.56. The van der Waals surface area contributed by atoms with Gasteiger partial charge in [0.1, 0.15) is 0 Å². The maximum absolute atomic E-state index is 5.56. The first kappa shape index (κ1) is 29.7. The van der Waals surface area contributed by atoms with Crippen molar-refractivity contribution in [2.75, 3.05) is 99.0 Å². The van der Waals surface area contributed by atoms with Crippen LogP contribution in [0.5, 0.6) is 0 Å². The van der Waals surface area contributed by atoms with E-state index in [0.717, 1.165) is 13.0 Å². The van der Waals surface area contributed by atoms with Crippen molar-refractivity contribution in [3.05, 3.63) is 0 Å². The normalized spacial score (nSPS) is 11.4. The van der Waals surface area contributed by atoms with E-state index in [2.05, 4.69) is 6.92 Å². The molecule has 0 amide bonds. The van der Waals surface area contributed by atoms with E-state index in [-0.39, 0.29) is 0 Å². The third-order valence-corrected chi connectivity index (χ3v) is 4.14. The highest BCUT2D eigenvalue weighted by Crippen LogP contribution is 2.04. The van der Waals surface area contributed by atoms with Gasteiger partial charge >= 0.3 is 0 Å². The Labute approximate surface area is 184 Å². The van der Waals surface area contributed by atoms with Crippen LogP contribution in [0.2, 0.25) is 0 Å². The van der Waals surface area contributed by atoms with E-state index in [4.69, 9.17) is 38.9 Å². The number of unbranched alkanes of at least 4 members (excludes halogenated alkanes) is 5. The van der Waals surface area contributed by atoms with Crippen LogP contribution in [0.3, 0.4) is 0 Å². The van der Waals surface area contributed by atoms with E-state index < -0.39 is 0 Å². The number of nitrogens with two attached hydrogens (primary N) is 1. The van der Waals surface area contributed by atoms with E-state index in [1.165, 1.54) is 32.1 Å². The van der Waals surface area contributed by atoms with Gasteiger partial charge in [-0.3, -0.25) is 0 Å². The molecule has 0 aliphatic carbocycles. The van der Waals surface area contributed by atoms with Gasteiger partial charge in [-0.15, -0.1) is 0 Å². The predicted molar refractivity (Wildman–Crippen MR) is 118 cm³/mol. The van der Waals surface area contributed by atoms with Crippen LogP contribution in [0.25, 0.3) is 0 Å². The van der Waals surface area contributed by atoms with Gasteiger partial charge in [0, 0.05) is 13.2 Å². The molecule has 0 aromatic carbocycles. The minimum absolute atomic E-state index is 0.538. The molecule has 0 spiro atoms. The number of ether oxygens (including phenoxy) is 7. The molecule has 0 saturated carbocycles. The van der Waals surface area contributed by atoms with Crippen LogP contribution in [-0.4, -0.2) is 99.0 Å². The molecule has 0 aliphatic heterocycles. The minimum atomic E-state index is 0.538. The standard InChI is InChI=1S/C22H47NO7/c1-2-3-4-5-6-7-9-24-11-13-26-15-17-28-19-21-30-22-20-29-18-16-27-14-12-25-10-8-23/h2-23H2,1H3. The molecule has 0 radical (unpaired) electrons. The maximum Gasteiger partial charge on any atom is 0.0701 e. The highest BCUT2D eigenvalue weighted by molar-refractivity contribution is 4.43. The highest BCUT2D eigenvalue weighted by Gasteiger charge is 1.95. The minimum Gasteiger partial charge on any atom is -0.379 e. The van der Waals surface area contributed by atoms with Gasteiger partial charge in [0.15, 0.2) is 0 Å². The predicted octanol–water partition coefficient (Wildman–Crippen LogP) is 2.42. The molecule has 0 aliphatic rings. The molecule has 8 heteroatoms. The van der Waals surface area contributed by atoms with Gasteiger partial charge in [0.25, 0.3) is 0 Å². The van der Waals surface area contributed by atoms with Crippen molar-refractivity contribution in [3.63, 3.8) is 0 Å². The van der Waals surface area contributed by atoms with Crippen LogP contribution in [0, 0.1) is 0 Å². The van der Waals surface area contributed by atoms with Gasteiger partial charge in [0.05, 0.1) is 85.9 Å². The fourth-order valence-corrected chi connectivity index (χ4v) is 2.49. The average molecular weight is 438 g/mol. The summed E-state index contributed by atoms with van der Waals surface area (Å²) in [5.41, 5.74) is 5.31. The number of hydrogen-bond acceptors (Lipinski definition) is 8. The van der Waals surface area contributed by atoms with E-state index >= 15 is 0 Å². The van der Waals surface area contributed by atoms with E-state index in [1.807, 2.05) is 0 Å². The molecule has 0 aromatic rings. The Bertz CT molecular complexity index is 271. The van der Waals surface area contributed by atoms with E-state index in [9.17, 15) is 0 Å². The quantitative estimate of drug-likeness (QED) is 0.196. The van der Waals surface area contributed by atoms with Crippen LogP contribution in [0.1, 0.15) is 45.4 Å². The van der Waals surface area contributed by atoms with Crippen molar-refractivity contribution in [1.29, 1.82) is 0 Å². The van der Waals surface area contributed by atoms with Crippen molar-refractivity contribution in [1.82, 2.24) is 0 Å². The third-order valence-electron chi connectivity index (χ3n) is 4.14. The molecule has 30 heavy (non-hydrogen) atoms. The Morgan fingerprint density at radius 2 is 0.667 bits per heavy atom. The summed E-state index contributed by atoms with van der Waals surface area (Å²) >= 11 is 0. The van der Waals surface area contributed by atoms with Crippen molar-refractivity contribution >= 4 is 0 Å². The molecule has 2 N–H and O–H groups in total. The SMILES string of the molecule is CCCCCCCCOCCOCCOCCOCCOCCOCCOCCN. The Balaban J connectivity index is 2.97. The lowest BCUT2D eigenvalue weighted by molar-refractivity contribution is -0.0203. The molecule has 0 saturated heterocycles.